The highest BCUT2D eigenvalue weighted by atomic mass is 79.9. The summed E-state index contributed by atoms with van der Waals surface area (Å²) >= 11 is 3.59. The summed E-state index contributed by atoms with van der Waals surface area (Å²) in [6.45, 7) is 7.39. The van der Waals surface area contributed by atoms with Crippen LogP contribution in [0.25, 0.3) is 0 Å². The van der Waals surface area contributed by atoms with Crippen LogP contribution < -0.4 is 5.32 Å². The van der Waals surface area contributed by atoms with Gasteiger partial charge in [-0.1, -0.05) is 22.0 Å². The van der Waals surface area contributed by atoms with Gasteiger partial charge in [-0.2, -0.15) is 0 Å². The van der Waals surface area contributed by atoms with Gasteiger partial charge in [-0.25, -0.2) is 0 Å². The lowest BCUT2D eigenvalue weighted by Crippen LogP contribution is -2.65. The molecule has 2 fully saturated rings. The number of hydrogen-bond acceptors (Lipinski definition) is 3. The predicted molar refractivity (Wildman–Crippen MR) is 89.8 cm³/mol. The molecule has 4 rings (SSSR count). The van der Waals surface area contributed by atoms with Crippen LogP contribution in [0, 0.1) is 0 Å². The molecule has 1 aliphatic carbocycles. The minimum atomic E-state index is 0.776. The molecule has 2 aliphatic heterocycles. The molecular weight excluding hydrogens is 326 g/mol. The van der Waals surface area contributed by atoms with Crippen LogP contribution >= 0.6 is 15.9 Å². The first kappa shape index (κ1) is 14.2. The summed E-state index contributed by atoms with van der Waals surface area (Å²) in [6.07, 6.45) is 3.82. The van der Waals surface area contributed by atoms with Crippen molar-refractivity contribution in [3.8, 4) is 0 Å². The number of fused-ring (bicyclic) bond motifs is 1. The Morgan fingerprint density at radius 3 is 2.62 bits per heavy atom. The second-order valence-corrected chi connectivity index (χ2v) is 7.62. The van der Waals surface area contributed by atoms with Crippen LogP contribution in [-0.2, 0) is 12.8 Å². The number of hydrogen-bond donors (Lipinski definition) is 1. The van der Waals surface area contributed by atoms with Crippen molar-refractivity contribution < 1.29 is 0 Å². The molecule has 3 aliphatic rings. The van der Waals surface area contributed by atoms with Gasteiger partial charge in [-0.05, 0) is 42.5 Å². The number of likely N-dealkylation sites (tertiary alicyclic amines) is 1. The van der Waals surface area contributed by atoms with Gasteiger partial charge in [-0.15, -0.1) is 0 Å². The third kappa shape index (κ3) is 2.91. The van der Waals surface area contributed by atoms with Gasteiger partial charge < -0.3 is 5.32 Å². The fraction of sp³-hybridized carbons (Fsp3) is 0.647. The Kier molecular flexibility index (Phi) is 4.05. The van der Waals surface area contributed by atoms with Gasteiger partial charge in [0, 0.05) is 55.8 Å². The Bertz CT molecular complexity index is 507. The second-order valence-electron chi connectivity index (χ2n) is 6.70. The summed E-state index contributed by atoms with van der Waals surface area (Å²) in [4.78, 5) is 5.40. The third-order valence-electron chi connectivity index (χ3n) is 5.45. The minimum Gasteiger partial charge on any atom is -0.314 e. The Balaban J connectivity index is 1.34. The number of halogens is 1. The molecule has 0 aromatic heterocycles. The fourth-order valence-electron chi connectivity index (χ4n) is 4.08. The van der Waals surface area contributed by atoms with E-state index in [2.05, 4.69) is 49.2 Å². The second kappa shape index (κ2) is 5.99. The first-order chi connectivity index (χ1) is 10.3. The smallest absolute Gasteiger partial charge is 0.0351 e. The minimum absolute atomic E-state index is 0.776. The van der Waals surface area contributed by atoms with Gasteiger partial charge in [0.05, 0.1) is 0 Å². The van der Waals surface area contributed by atoms with Crippen molar-refractivity contribution >= 4 is 15.9 Å². The Morgan fingerprint density at radius 1 is 1.00 bits per heavy atom. The Labute approximate surface area is 135 Å². The molecule has 1 N–H and O–H groups in total. The third-order valence-corrected chi connectivity index (χ3v) is 5.94. The number of rotatable bonds is 2. The first-order valence-electron chi connectivity index (χ1n) is 8.26. The Hall–Kier alpha value is -0.420. The van der Waals surface area contributed by atoms with Crippen LogP contribution in [0.4, 0.5) is 0 Å². The highest BCUT2D eigenvalue weighted by Crippen LogP contribution is 2.30. The number of aryl methyl sites for hydroxylation is 1. The lowest BCUT2D eigenvalue weighted by atomic mass is 9.85. The quantitative estimate of drug-likeness (QED) is 0.879. The Morgan fingerprint density at radius 2 is 1.81 bits per heavy atom. The van der Waals surface area contributed by atoms with Crippen molar-refractivity contribution in [2.24, 2.45) is 0 Å². The van der Waals surface area contributed by atoms with Gasteiger partial charge in [0.25, 0.3) is 0 Å². The van der Waals surface area contributed by atoms with Crippen LogP contribution in [0.15, 0.2) is 22.7 Å². The number of nitrogens with one attached hydrogen (secondary N) is 1. The maximum atomic E-state index is 3.59. The van der Waals surface area contributed by atoms with E-state index in [4.69, 9.17) is 0 Å². The molecule has 1 atom stereocenters. The standard InChI is InChI=1S/C17H24BrN3/c18-15-3-1-14-10-16(4-2-13(14)9-15)21-11-17(12-21)20-7-5-19-6-8-20/h1,3,9,16-17,19H,2,4-8,10-12H2. The molecule has 3 nitrogen and oxygen atoms in total. The van der Waals surface area contributed by atoms with Crippen molar-refractivity contribution in [3.05, 3.63) is 33.8 Å². The summed E-state index contributed by atoms with van der Waals surface area (Å²) in [5, 5.41) is 3.45. The van der Waals surface area contributed by atoms with E-state index in [1.165, 1.54) is 63.0 Å². The van der Waals surface area contributed by atoms with E-state index in [-0.39, 0.29) is 0 Å². The molecule has 114 valence electrons. The number of piperazine rings is 1. The van der Waals surface area contributed by atoms with Crippen LogP contribution in [-0.4, -0.2) is 61.2 Å². The average Bonchev–Trinajstić information content (AvgIpc) is 2.47. The molecule has 21 heavy (non-hydrogen) atoms. The van der Waals surface area contributed by atoms with Gasteiger partial charge in [0.1, 0.15) is 0 Å². The summed E-state index contributed by atoms with van der Waals surface area (Å²) in [6, 6.07) is 8.42. The molecule has 2 saturated heterocycles. The maximum Gasteiger partial charge on any atom is 0.0351 e. The van der Waals surface area contributed by atoms with E-state index >= 15 is 0 Å². The predicted octanol–water partition coefficient (Wildman–Crippen LogP) is 1.90. The van der Waals surface area contributed by atoms with Crippen molar-refractivity contribution in [1.29, 1.82) is 0 Å². The van der Waals surface area contributed by atoms with Crippen molar-refractivity contribution in [2.75, 3.05) is 39.3 Å². The van der Waals surface area contributed by atoms with Crippen LogP contribution in [0.1, 0.15) is 17.5 Å². The van der Waals surface area contributed by atoms with Crippen molar-refractivity contribution in [1.82, 2.24) is 15.1 Å². The van der Waals surface area contributed by atoms with Gasteiger partial charge in [0.2, 0.25) is 0 Å². The van der Waals surface area contributed by atoms with Gasteiger partial charge >= 0.3 is 0 Å². The summed E-state index contributed by atoms with van der Waals surface area (Å²) in [7, 11) is 0. The SMILES string of the molecule is Brc1ccc2c(c1)CCC(N1CC(N3CCNCC3)C1)C2. The molecule has 1 unspecified atom stereocenters. The van der Waals surface area contributed by atoms with Crippen molar-refractivity contribution in [2.45, 2.75) is 31.3 Å². The number of benzene rings is 1. The molecule has 1 aromatic carbocycles. The van der Waals surface area contributed by atoms with E-state index in [1.807, 2.05) is 0 Å². The van der Waals surface area contributed by atoms with E-state index in [1.54, 1.807) is 11.1 Å². The molecule has 0 bridgehead atoms. The normalized spacial score (nSPS) is 28.1. The molecule has 0 amide bonds. The van der Waals surface area contributed by atoms with E-state index < -0.39 is 0 Å². The molecule has 1 aromatic rings. The lowest BCUT2D eigenvalue weighted by Gasteiger charge is -2.50. The number of nitrogens with zero attached hydrogens (tertiary/aromatic N) is 2. The summed E-state index contributed by atoms with van der Waals surface area (Å²) < 4.78 is 1.22. The maximum absolute atomic E-state index is 3.59. The van der Waals surface area contributed by atoms with Crippen LogP contribution in [0.3, 0.4) is 0 Å². The van der Waals surface area contributed by atoms with Crippen LogP contribution in [0.5, 0.6) is 0 Å². The van der Waals surface area contributed by atoms with E-state index in [9.17, 15) is 0 Å². The highest BCUT2D eigenvalue weighted by Gasteiger charge is 2.37. The first-order valence-corrected chi connectivity index (χ1v) is 9.05. The zero-order valence-corrected chi connectivity index (χ0v) is 14.1. The average molecular weight is 350 g/mol. The van der Waals surface area contributed by atoms with Crippen LogP contribution in [0.2, 0.25) is 0 Å². The molecule has 0 spiro atoms. The molecular formula is C17H24BrN3. The van der Waals surface area contributed by atoms with E-state index in [0.29, 0.717) is 0 Å². The topological polar surface area (TPSA) is 18.5 Å². The van der Waals surface area contributed by atoms with E-state index in [0.717, 1.165) is 12.1 Å². The monoisotopic (exact) mass is 349 g/mol. The largest absolute Gasteiger partial charge is 0.314 e. The van der Waals surface area contributed by atoms with Crippen molar-refractivity contribution in [3.63, 3.8) is 0 Å². The van der Waals surface area contributed by atoms with Gasteiger partial charge in [-0.3, -0.25) is 9.80 Å². The van der Waals surface area contributed by atoms with Gasteiger partial charge in [0.15, 0.2) is 0 Å². The molecule has 2 heterocycles. The molecule has 4 heteroatoms. The zero-order chi connectivity index (χ0) is 14.2. The summed E-state index contributed by atoms with van der Waals surface area (Å²) in [5.41, 5.74) is 3.12. The summed E-state index contributed by atoms with van der Waals surface area (Å²) in [5.74, 6) is 0. The molecule has 0 saturated carbocycles. The fourth-order valence-corrected chi connectivity index (χ4v) is 4.49. The highest BCUT2D eigenvalue weighted by molar-refractivity contribution is 9.10. The molecule has 0 radical (unpaired) electrons. The zero-order valence-electron chi connectivity index (χ0n) is 12.5. The lowest BCUT2D eigenvalue weighted by molar-refractivity contribution is -0.00393.